The van der Waals surface area contributed by atoms with E-state index in [1.54, 1.807) is 0 Å². The maximum absolute atomic E-state index is 4.27. The second-order valence-electron chi connectivity index (χ2n) is 6.85. The van der Waals surface area contributed by atoms with E-state index in [0.717, 1.165) is 18.3 Å². The average Bonchev–Trinajstić information content (AvgIpc) is 3.02. The van der Waals surface area contributed by atoms with Gasteiger partial charge in [0.15, 0.2) is 0 Å². The van der Waals surface area contributed by atoms with Gasteiger partial charge in [-0.1, -0.05) is 5.21 Å². The van der Waals surface area contributed by atoms with Crippen LogP contribution in [0.15, 0.2) is 6.20 Å². The van der Waals surface area contributed by atoms with Crippen molar-refractivity contribution in [2.75, 3.05) is 13.1 Å². The summed E-state index contributed by atoms with van der Waals surface area (Å²) in [6, 6.07) is 1.40. The minimum absolute atomic E-state index is 0.0147. The highest BCUT2D eigenvalue weighted by Crippen LogP contribution is 2.28. The zero-order valence-corrected chi connectivity index (χ0v) is 12.3. The Hall–Kier alpha value is -0.940. The second-order valence-corrected chi connectivity index (χ2v) is 6.85. The minimum Gasteiger partial charge on any atom is -0.307 e. The van der Waals surface area contributed by atoms with E-state index in [-0.39, 0.29) is 5.54 Å². The number of fused-ring (bicyclic) bond motifs is 1. The van der Waals surface area contributed by atoms with Crippen molar-refractivity contribution in [3.05, 3.63) is 11.9 Å². The SMILES string of the molecule is CC(C)(C)n1cc(CNC2CCN3CCCC23)nn1. The molecule has 0 aromatic carbocycles. The smallest absolute Gasteiger partial charge is 0.0965 e. The van der Waals surface area contributed by atoms with E-state index >= 15 is 0 Å². The Labute approximate surface area is 115 Å². The normalized spacial score (nSPS) is 27.9. The molecule has 19 heavy (non-hydrogen) atoms. The highest BCUT2D eigenvalue weighted by atomic mass is 15.4. The summed E-state index contributed by atoms with van der Waals surface area (Å²) >= 11 is 0. The number of nitrogens with zero attached hydrogens (tertiary/aromatic N) is 4. The minimum atomic E-state index is 0.0147. The van der Waals surface area contributed by atoms with Gasteiger partial charge in [0.05, 0.1) is 17.4 Å². The maximum Gasteiger partial charge on any atom is 0.0965 e. The van der Waals surface area contributed by atoms with Crippen molar-refractivity contribution in [2.45, 2.75) is 64.2 Å². The molecule has 2 aliphatic heterocycles. The van der Waals surface area contributed by atoms with E-state index in [4.69, 9.17) is 0 Å². The van der Waals surface area contributed by atoms with Gasteiger partial charge in [-0.15, -0.1) is 5.10 Å². The molecule has 1 aromatic rings. The summed E-state index contributed by atoms with van der Waals surface area (Å²) in [6.45, 7) is 9.83. The van der Waals surface area contributed by atoms with Gasteiger partial charge in [0.25, 0.3) is 0 Å². The van der Waals surface area contributed by atoms with Crippen LogP contribution in [0.2, 0.25) is 0 Å². The number of aromatic nitrogens is 3. The average molecular weight is 263 g/mol. The Morgan fingerprint density at radius 1 is 1.32 bits per heavy atom. The van der Waals surface area contributed by atoms with Gasteiger partial charge in [0.2, 0.25) is 0 Å². The summed E-state index contributed by atoms with van der Waals surface area (Å²) in [4.78, 5) is 2.63. The highest BCUT2D eigenvalue weighted by Gasteiger charge is 2.36. The number of nitrogens with one attached hydrogen (secondary N) is 1. The zero-order chi connectivity index (χ0) is 13.5. The molecule has 2 saturated heterocycles. The van der Waals surface area contributed by atoms with Crippen LogP contribution in [0.5, 0.6) is 0 Å². The molecule has 0 bridgehead atoms. The van der Waals surface area contributed by atoms with Crippen molar-refractivity contribution in [3.8, 4) is 0 Å². The first kappa shape index (κ1) is 13.1. The molecule has 2 aliphatic rings. The summed E-state index contributed by atoms with van der Waals surface area (Å²) in [6.07, 6.45) is 6.06. The fraction of sp³-hybridized carbons (Fsp3) is 0.857. The van der Waals surface area contributed by atoms with Crippen molar-refractivity contribution in [1.29, 1.82) is 0 Å². The van der Waals surface area contributed by atoms with Gasteiger partial charge in [0, 0.05) is 25.2 Å². The summed E-state index contributed by atoms with van der Waals surface area (Å²) in [5.41, 5.74) is 1.06. The van der Waals surface area contributed by atoms with E-state index in [2.05, 4.69) is 47.5 Å². The van der Waals surface area contributed by atoms with Gasteiger partial charge in [-0.3, -0.25) is 4.90 Å². The standard InChI is InChI=1S/C14H25N5/c1-14(2,3)19-10-11(16-17-19)9-15-12-6-8-18-7-4-5-13(12)18/h10,12-13,15H,4-9H2,1-3H3. The van der Waals surface area contributed by atoms with Gasteiger partial charge in [0.1, 0.15) is 0 Å². The van der Waals surface area contributed by atoms with Crippen LogP contribution in [-0.4, -0.2) is 45.1 Å². The first-order chi connectivity index (χ1) is 9.04. The monoisotopic (exact) mass is 263 g/mol. The molecule has 106 valence electrons. The Balaban J connectivity index is 1.56. The molecule has 3 heterocycles. The van der Waals surface area contributed by atoms with Crippen molar-refractivity contribution in [3.63, 3.8) is 0 Å². The fourth-order valence-electron chi connectivity index (χ4n) is 3.26. The molecular formula is C14H25N5. The molecule has 5 nitrogen and oxygen atoms in total. The molecule has 2 unspecified atom stereocenters. The van der Waals surface area contributed by atoms with Crippen molar-refractivity contribution in [2.24, 2.45) is 0 Å². The van der Waals surface area contributed by atoms with Gasteiger partial charge in [-0.2, -0.15) is 0 Å². The topological polar surface area (TPSA) is 46.0 Å². The first-order valence-corrected chi connectivity index (χ1v) is 7.43. The quantitative estimate of drug-likeness (QED) is 0.894. The number of rotatable bonds is 3. The van der Waals surface area contributed by atoms with Crippen LogP contribution < -0.4 is 5.32 Å². The second kappa shape index (κ2) is 4.87. The van der Waals surface area contributed by atoms with Crippen LogP contribution in [0.1, 0.15) is 45.7 Å². The molecule has 0 spiro atoms. The molecule has 1 N–H and O–H groups in total. The number of hydrogen-bond donors (Lipinski definition) is 1. The van der Waals surface area contributed by atoms with E-state index in [1.807, 2.05) is 4.68 Å². The molecule has 3 rings (SSSR count). The predicted octanol–water partition coefficient (Wildman–Crippen LogP) is 1.36. The van der Waals surface area contributed by atoms with Crippen molar-refractivity contribution in [1.82, 2.24) is 25.2 Å². The lowest BCUT2D eigenvalue weighted by Crippen LogP contribution is -2.38. The lowest BCUT2D eigenvalue weighted by Gasteiger charge is -2.20. The van der Waals surface area contributed by atoms with E-state index < -0.39 is 0 Å². The zero-order valence-electron chi connectivity index (χ0n) is 12.3. The lowest BCUT2D eigenvalue weighted by molar-refractivity contribution is 0.298. The summed E-state index contributed by atoms with van der Waals surface area (Å²) < 4.78 is 1.94. The molecule has 5 heteroatoms. The summed E-state index contributed by atoms with van der Waals surface area (Å²) in [7, 11) is 0. The van der Waals surface area contributed by atoms with Gasteiger partial charge < -0.3 is 5.32 Å². The van der Waals surface area contributed by atoms with Gasteiger partial charge >= 0.3 is 0 Å². The summed E-state index contributed by atoms with van der Waals surface area (Å²) in [5, 5.41) is 12.2. The third kappa shape index (κ3) is 2.67. The van der Waals surface area contributed by atoms with Crippen LogP contribution in [0.25, 0.3) is 0 Å². The van der Waals surface area contributed by atoms with Gasteiger partial charge in [-0.05, 0) is 46.6 Å². The van der Waals surface area contributed by atoms with E-state index in [9.17, 15) is 0 Å². The van der Waals surface area contributed by atoms with E-state index in [1.165, 1.54) is 32.4 Å². The van der Waals surface area contributed by atoms with Gasteiger partial charge in [-0.25, -0.2) is 4.68 Å². The highest BCUT2D eigenvalue weighted by molar-refractivity contribution is 4.99. The first-order valence-electron chi connectivity index (χ1n) is 7.43. The lowest BCUT2D eigenvalue weighted by atomic mass is 10.1. The van der Waals surface area contributed by atoms with Crippen LogP contribution in [0.4, 0.5) is 0 Å². The van der Waals surface area contributed by atoms with Crippen LogP contribution in [0, 0.1) is 0 Å². The predicted molar refractivity (Wildman–Crippen MR) is 74.9 cm³/mol. The largest absolute Gasteiger partial charge is 0.307 e. The number of hydrogen-bond acceptors (Lipinski definition) is 4. The molecule has 0 radical (unpaired) electrons. The Morgan fingerprint density at radius 3 is 2.89 bits per heavy atom. The fourth-order valence-corrected chi connectivity index (χ4v) is 3.26. The molecule has 1 aromatic heterocycles. The Kier molecular flexibility index (Phi) is 3.35. The molecule has 0 aliphatic carbocycles. The maximum atomic E-state index is 4.27. The molecular weight excluding hydrogens is 238 g/mol. The Bertz CT molecular complexity index is 433. The molecule has 0 saturated carbocycles. The van der Waals surface area contributed by atoms with E-state index in [0.29, 0.717) is 6.04 Å². The van der Waals surface area contributed by atoms with Crippen LogP contribution in [-0.2, 0) is 12.1 Å². The van der Waals surface area contributed by atoms with Crippen molar-refractivity contribution >= 4 is 0 Å². The van der Waals surface area contributed by atoms with Crippen LogP contribution >= 0.6 is 0 Å². The molecule has 2 fully saturated rings. The van der Waals surface area contributed by atoms with Crippen molar-refractivity contribution < 1.29 is 0 Å². The molecule has 2 atom stereocenters. The Morgan fingerprint density at radius 2 is 2.16 bits per heavy atom. The molecule has 0 amide bonds. The van der Waals surface area contributed by atoms with Crippen LogP contribution in [0.3, 0.4) is 0 Å². The summed E-state index contributed by atoms with van der Waals surface area (Å²) in [5.74, 6) is 0. The third-order valence-electron chi connectivity index (χ3n) is 4.38. The third-order valence-corrected chi connectivity index (χ3v) is 4.38.